The Balaban J connectivity index is 2.50. The molecular weight excluding hydrogens is 300 g/mol. The number of rotatable bonds is 4. The Labute approximate surface area is 112 Å². The molecule has 2 rings (SSSR count). The molecule has 1 aromatic heterocycles. The van der Waals surface area contributed by atoms with Crippen LogP contribution in [0.1, 0.15) is 16.1 Å². The molecule has 0 radical (unpaired) electrons. The number of aliphatic hydroxyl groups is 1. The van der Waals surface area contributed by atoms with Gasteiger partial charge in [-0.05, 0) is 34.5 Å². The first kappa shape index (κ1) is 12.8. The van der Waals surface area contributed by atoms with Gasteiger partial charge in [0.25, 0.3) is 0 Å². The Kier molecular flexibility index (Phi) is 3.78. The molecule has 0 saturated carbocycles. The fourth-order valence-corrected chi connectivity index (χ4v) is 2.12. The molecule has 0 aliphatic rings. The Hall–Kier alpha value is -1.66. The maximum Gasteiger partial charge on any atom is 0.356 e. The molecule has 2 N–H and O–H groups in total. The highest BCUT2D eigenvalue weighted by Crippen LogP contribution is 2.21. The molecule has 0 fully saturated rings. The number of carbonyl (C=O) groups is 1. The molecule has 0 atom stereocenters. The third kappa shape index (κ3) is 2.44. The van der Waals surface area contributed by atoms with Crippen molar-refractivity contribution in [1.29, 1.82) is 0 Å². The van der Waals surface area contributed by atoms with Crippen LogP contribution in [-0.4, -0.2) is 32.6 Å². The van der Waals surface area contributed by atoms with E-state index in [0.29, 0.717) is 5.56 Å². The molecule has 0 spiro atoms. The van der Waals surface area contributed by atoms with Crippen LogP contribution in [0.3, 0.4) is 0 Å². The van der Waals surface area contributed by atoms with E-state index in [-0.39, 0.29) is 18.7 Å². The second-order valence-corrected chi connectivity index (χ2v) is 4.53. The van der Waals surface area contributed by atoms with Crippen molar-refractivity contribution >= 4 is 21.9 Å². The second-order valence-electron chi connectivity index (χ2n) is 3.68. The van der Waals surface area contributed by atoms with Crippen LogP contribution in [0.15, 0.2) is 34.9 Å². The van der Waals surface area contributed by atoms with Crippen LogP contribution in [-0.2, 0) is 6.42 Å². The van der Waals surface area contributed by atoms with Gasteiger partial charge in [0.1, 0.15) is 0 Å². The fraction of sp³-hybridized carbons (Fsp3) is 0.167. The molecule has 6 heteroatoms. The van der Waals surface area contributed by atoms with Gasteiger partial charge in [-0.3, -0.25) is 0 Å². The number of halogens is 1. The van der Waals surface area contributed by atoms with Crippen LogP contribution in [0.5, 0.6) is 0 Å². The molecule has 1 aromatic carbocycles. The highest BCUT2D eigenvalue weighted by atomic mass is 79.9. The van der Waals surface area contributed by atoms with Crippen LogP contribution in [0.4, 0.5) is 0 Å². The van der Waals surface area contributed by atoms with Gasteiger partial charge in [-0.1, -0.05) is 12.1 Å². The van der Waals surface area contributed by atoms with Gasteiger partial charge >= 0.3 is 5.97 Å². The summed E-state index contributed by atoms with van der Waals surface area (Å²) in [7, 11) is 0. The molecule has 18 heavy (non-hydrogen) atoms. The second kappa shape index (κ2) is 5.32. The normalized spacial score (nSPS) is 10.6. The molecule has 5 nitrogen and oxygen atoms in total. The third-order valence-electron chi connectivity index (χ3n) is 2.47. The number of aliphatic hydroxyl groups excluding tert-OH is 1. The van der Waals surface area contributed by atoms with E-state index in [1.165, 1.54) is 4.68 Å². The van der Waals surface area contributed by atoms with Crippen LogP contribution in [0.2, 0.25) is 0 Å². The average molecular weight is 311 g/mol. The number of aromatic nitrogens is 2. The Morgan fingerprint density at radius 3 is 2.72 bits per heavy atom. The molecular formula is C12H11BrN2O3. The lowest BCUT2D eigenvalue weighted by Gasteiger charge is -2.02. The molecule has 2 aromatic rings. The minimum atomic E-state index is -1.09. The Morgan fingerprint density at radius 2 is 2.11 bits per heavy atom. The van der Waals surface area contributed by atoms with Gasteiger partial charge in [0, 0.05) is 22.8 Å². The van der Waals surface area contributed by atoms with Crippen LogP contribution >= 0.6 is 15.9 Å². The molecule has 0 amide bonds. The maximum atomic E-state index is 11.1. The van der Waals surface area contributed by atoms with Crippen LogP contribution in [0, 0.1) is 0 Å². The van der Waals surface area contributed by atoms with Gasteiger partial charge in [0.15, 0.2) is 5.69 Å². The van der Waals surface area contributed by atoms with Crippen LogP contribution < -0.4 is 0 Å². The summed E-state index contributed by atoms with van der Waals surface area (Å²) in [5, 5.41) is 22.0. The van der Waals surface area contributed by atoms with Crippen molar-refractivity contribution in [3.63, 3.8) is 0 Å². The lowest BCUT2D eigenvalue weighted by molar-refractivity contribution is 0.0688. The molecule has 0 bridgehead atoms. The van der Waals surface area contributed by atoms with E-state index in [1.807, 2.05) is 24.3 Å². The monoisotopic (exact) mass is 310 g/mol. The third-order valence-corrected chi connectivity index (χ3v) is 3.14. The van der Waals surface area contributed by atoms with E-state index in [1.54, 1.807) is 6.20 Å². The van der Waals surface area contributed by atoms with E-state index in [4.69, 9.17) is 10.2 Å². The molecule has 0 aliphatic carbocycles. The largest absolute Gasteiger partial charge is 0.476 e. The number of benzene rings is 1. The zero-order chi connectivity index (χ0) is 13.1. The Bertz CT molecular complexity index is 580. The van der Waals surface area contributed by atoms with Crippen molar-refractivity contribution in [2.24, 2.45) is 0 Å². The van der Waals surface area contributed by atoms with Gasteiger partial charge in [-0.2, -0.15) is 5.10 Å². The summed E-state index contributed by atoms with van der Waals surface area (Å²) in [6.45, 7) is -0.109. The molecule has 1 heterocycles. The van der Waals surface area contributed by atoms with Crippen LogP contribution in [0.25, 0.3) is 5.69 Å². The molecule has 0 saturated heterocycles. The van der Waals surface area contributed by atoms with E-state index >= 15 is 0 Å². The summed E-state index contributed by atoms with van der Waals surface area (Å²) in [6.07, 6.45) is 1.89. The first-order chi connectivity index (χ1) is 8.63. The first-order valence-electron chi connectivity index (χ1n) is 5.31. The zero-order valence-corrected chi connectivity index (χ0v) is 11.0. The average Bonchev–Trinajstić information content (AvgIpc) is 2.74. The lowest BCUT2D eigenvalue weighted by atomic mass is 10.2. The standard InChI is InChI=1S/C12H11BrN2O3/c13-9-3-1-2-4-10(9)15-7-8(5-6-16)11(14-15)12(17)18/h1-4,7,16H,5-6H2,(H,17,18). The molecule has 94 valence electrons. The number of hydrogen-bond acceptors (Lipinski definition) is 3. The first-order valence-corrected chi connectivity index (χ1v) is 6.10. The predicted octanol–water partition coefficient (Wildman–Crippen LogP) is 1.87. The van der Waals surface area contributed by atoms with Crippen molar-refractivity contribution < 1.29 is 15.0 Å². The van der Waals surface area contributed by atoms with Gasteiger partial charge in [-0.25, -0.2) is 9.48 Å². The lowest BCUT2D eigenvalue weighted by Crippen LogP contribution is -2.04. The summed E-state index contributed by atoms with van der Waals surface area (Å²) in [5.41, 5.74) is 1.24. The summed E-state index contributed by atoms with van der Waals surface area (Å²) in [6, 6.07) is 7.38. The van der Waals surface area contributed by atoms with Crippen molar-refractivity contribution in [1.82, 2.24) is 9.78 Å². The number of para-hydroxylation sites is 1. The molecule has 0 unspecified atom stereocenters. The van der Waals surface area contributed by atoms with E-state index in [9.17, 15) is 4.79 Å². The number of carboxylic acid groups (broad SMARTS) is 1. The topological polar surface area (TPSA) is 75.3 Å². The summed E-state index contributed by atoms with van der Waals surface area (Å²) in [4.78, 5) is 11.1. The Morgan fingerprint density at radius 1 is 1.39 bits per heavy atom. The fourth-order valence-electron chi connectivity index (χ4n) is 1.65. The summed E-state index contributed by atoms with van der Waals surface area (Å²) < 4.78 is 2.32. The van der Waals surface area contributed by atoms with Gasteiger partial charge in [-0.15, -0.1) is 0 Å². The maximum absolute atomic E-state index is 11.1. The number of carboxylic acids is 1. The van der Waals surface area contributed by atoms with E-state index in [2.05, 4.69) is 21.0 Å². The van der Waals surface area contributed by atoms with Crippen molar-refractivity contribution in [3.8, 4) is 5.69 Å². The summed E-state index contributed by atoms with van der Waals surface area (Å²) >= 11 is 3.39. The van der Waals surface area contributed by atoms with Gasteiger partial charge in [0.2, 0.25) is 0 Å². The SMILES string of the molecule is O=C(O)c1nn(-c2ccccc2Br)cc1CCO. The van der Waals surface area contributed by atoms with Crippen molar-refractivity contribution in [2.45, 2.75) is 6.42 Å². The van der Waals surface area contributed by atoms with E-state index in [0.717, 1.165) is 10.2 Å². The van der Waals surface area contributed by atoms with Crippen molar-refractivity contribution in [3.05, 3.63) is 46.2 Å². The van der Waals surface area contributed by atoms with Gasteiger partial charge in [0.05, 0.1) is 5.69 Å². The minimum absolute atomic E-state index is 0.0280. The predicted molar refractivity (Wildman–Crippen MR) is 69.0 cm³/mol. The highest BCUT2D eigenvalue weighted by Gasteiger charge is 2.16. The quantitative estimate of drug-likeness (QED) is 0.904. The smallest absolute Gasteiger partial charge is 0.356 e. The zero-order valence-electron chi connectivity index (χ0n) is 9.38. The summed E-state index contributed by atoms with van der Waals surface area (Å²) in [5.74, 6) is -1.09. The molecule has 0 aliphatic heterocycles. The minimum Gasteiger partial charge on any atom is -0.476 e. The number of hydrogen-bond donors (Lipinski definition) is 2. The highest BCUT2D eigenvalue weighted by molar-refractivity contribution is 9.10. The number of nitrogens with zero attached hydrogens (tertiary/aromatic N) is 2. The van der Waals surface area contributed by atoms with Gasteiger partial charge < -0.3 is 10.2 Å². The number of aromatic carboxylic acids is 1. The van der Waals surface area contributed by atoms with E-state index < -0.39 is 5.97 Å². The van der Waals surface area contributed by atoms with Crippen molar-refractivity contribution in [2.75, 3.05) is 6.61 Å².